The van der Waals surface area contributed by atoms with Gasteiger partial charge in [0.15, 0.2) is 0 Å². The lowest BCUT2D eigenvalue weighted by Crippen LogP contribution is -2.36. The molecule has 5 rings (SSSR count). The second kappa shape index (κ2) is 4.04. The van der Waals surface area contributed by atoms with Crippen molar-refractivity contribution in [3.05, 3.63) is 22.8 Å². The number of hydrogen-bond donors (Lipinski definition) is 0. The Bertz CT molecular complexity index is 556. The van der Waals surface area contributed by atoms with Crippen molar-refractivity contribution in [3.63, 3.8) is 0 Å². The molecule has 0 aromatic carbocycles. The van der Waals surface area contributed by atoms with Crippen LogP contribution in [0.25, 0.3) is 0 Å². The fourth-order valence-electron chi connectivity index (χ4n) is 6.59. The minimum Gasteiger partial charge on any atom is -0.378 e. The van der Waals surface area contributed by atoms with E-state index in [1.165, 1.54) is 51.4 Å². The molecule has 21 heavy (non-hydrogen) atoms. The summed E-state index contributed by atoms with van der Waals surface area (Å²) in [4.78, 5) is 0. The van der Waals surface area contributed by atoms with Crippen LogP contribution in [0.1, 0.15) is 64.7 Å². The zero-order valence-electron chi connectivity index (χ0n) is 13.6. The summed E-state index contributed by atoms with van der Waals surface area (Å²) in [5.41, 5.74) is 6.23. The van der Waals surface area contributed by atoms with Gasteiger partial charge in [0, 0.05) is 7.11 Å². The van der Waals surface area contributed by atoms with Crippen LogP contribution in [0.3, 0.4) is 0 Å². The van der Waals surface area contributed by atoms with Crippen LogP contribution in [-0.4, -0.2) is 12.7 Å². The molecule has 0 heterocycles. The van der Waals surface area contributed by atoms with Crippen LogP contribution < -0.4 is 0 Å². The number of fused-ring (bicyclic) bond motifs is 3. The molecule has 5 aliphatic rings. The number of allylic oxidation sites excluding steroid dienone is 3. The van der Waals surface area contributed by atoms with E-state index >= 15 is 0 Å². The highest BCUT2D eigenvalue weighted by atomic mass is 16.5. The molecule has 0 aliphatic heterocycles. The Morgan fingerprint density at radius 1 is 1.19 bits per heavy atom. The van der Waals surface area contributed by atoms with Gasteiger partial charge in [0.2, 0.25) is 0 Å². The van der Waals surface area contributed by atoms with Gasteiger partial charge >= 0.3 is 0 Å². The molecule has 0 bridgehead atoms. The maximum atomic E-state index is 5.80. The summed E-state index contributed by atoms with van der Waals surface area (Å²) in [6.07, 6.45) is 15.2. The van der Waals surface area contributed by atoms with Crippen LogP contribution in [0.4, 0.5) is 0 Å². The molecule has 1 spiro atoms. The van der Waals surface area contributed by atoms with Crippen LogP contribution in [0.5, 0.6) is 0 Å². The third-order valence-electron chi connectivity index (χ3n) is 7.95. The molecule has 1 nitrogen and oxygen atoms in total. The van der Waals surface area contributed by atoms with E-state index in [-0.39, 0.29) is 5.60 Å². The number of hydrogen-bond acceptors (Lipinski definition) is 1. The lowest BCUT2D eigenvalue weighted by Gasteiger charge is -2.45. The Hall–Kier alpha value is -0.560. The first-order valence-corrected chi connectivity index (χ1v) is 9.12. The fraction of sp³-hybridized carbons (Fsp3) is 0.800. The van der Waals surface area contributed by atoms with Gasteiger partial charge in [-0.2, -0.15) is 0 Å². The summed E-state index contributed by atoms with van der Waals surface area (Å²) in [5.74, 6) is 3.09. The molecule has 0 aromatic rings. The van der Waals surface area contributed by atoms with Gasteiger partial charge in [-0.3, -0.25) is 0 Å². The van der Waals surface area contributed by atoms with Gasteiger partial charge in [0.05, 0.1) is 5.60 Å². The quantitative estimate of drug-likeness (QED) is 0.656. The molecule has 2 saturated carbocycles. The molecule has 0 radical (unpaired) electrons. The SMILES string of the molecule is COC1(C)CCC2=C(CCC3C2=CCC24CC2CCC34)C1. The van der Waals surface area contributed by atoms with E-state index in [0.29, 0.717) is 0 Å². The predicted molar refractivity (Wildman–Crippen MR) is 85.0 cm³/mol. The monoisotopic (exact) mass is 284 g/mol. The van der Waals surface area contributed by atoms with Gasteiger partial charge in [-0.15, -0.1) is 0 Å². The van der Waals surface area contributed by atoms with Gasteiger partial charge in [-0.05, 0) is 99.0 Å². The summed E-state index contributed by atoms with van der Waals surface area (Å²) in [5, 5.41) is 0. The summed E-state index contributed by atoms with van der Waals surface area (Å²) in [6, 6.07) is 0. The molecule has 0 saturated heterocycles. The molecular weight excluding hydrogens is 256 g/mol. The van der Waals surface area contributed by atoms with Gasteiger partial charge in [0.1, 0.15) is 0 Å². The topological polar surface area (TPSA) is 9.23 Å². The van der Waals surface area contributed by atoms with Gasteiger partial charge in [0.25, 0.3) is 0 Å². The average molecular weight is 284 g/mol. The van der Waals surface area contributed by atoms with Crippen LogP contribution in [0.15, 0.2) is 22.8 Å². The number of ether oxygens (including phenoxy) is 1. The average Bonchev–Trinajstić information content (AvgIpc) is 3.08. The molecule has 5 atom stereocenters. The Labute approximate surface area is 128 Å². The van der Waals surface area contributed by atoms with E-state index in [4.69, 9.17) is 4.74 Å². The van der Waals surface area contributed by atoms with E-state index < -0.39 is 0 Å². The van der Waals surface area contributed by atoms with Gasteiger partial charge in [-0.25, -0.2) is 0 Å². The minimum atomic E-state index is 0.108. The molecule has 0 amide bonds. The van der Waals surface area contributed by atoms with E-state index in [2.05, 4.69) is 13.0 Å². The Balaban J connectivity index is 1.50. The first-order chi connectivity index (χ1) is 10.2. The van der Waals surface area contributed by atoms with E-state index in [0.717, 1.165) is 23.2 Å². The largest absolute Gasteiger partial charge is 0.378 e. The number of rotatable bonds is 1. The zero-order valence-corrected chi connectivity index (χ0v) is 13.6. The Kier molecular flexibility index (Phi) is 2.49. The standard InChI is InChI=1S/C20H28O/c1-19(21-2)9-7-15-13(11-19)3-5-17-16(15)8-10-20-12-14(20)4-6-18(17)20/h8,14,17-18H,3-7,9-12H2,1-2H3. The first-order valence-electron chi connectivity index (χ1n) is 9.12. The maximum absolute atomic E-state index is 5.80. The molecule has 0 N–H and O–H groups in total. The van der Waals surface area contributed by atoms with Crippen molar-refractivity contribution < 1.29 is 4.74 Å². The molecular formula is C20H28O. The molecule has 5 aliphatic carbocycles. The van der Waals surface area contributed by atoms with Crippen LogP contribution in [0.2, 0.25) is 0 Å². The zero-order chi connectivity index (χ0) is 14.2. The van der Waals surface area contributed by atoms with E-state index in [1.807, 2.05) is 7.11 Å². The Morgan fingerprint density at radius 2 is 2.10 bits per heavy atom. The fourth-order valence-corrected chi connectivity index (χ4v) is 6.59. The highest BCUT2D eigenvalue weighted by molar-refractivity contribution is 5.45. The summed E-state index contributed by atoms with van der Waals surface area (Å²) in [7, 11) is 1.90. The van der Waals surface area contributed by atoms with Crippen molar-refractivity contribution in [2.24, 2.45) is 23.2 Å². The molecule has 2 fully saturated rings. The van der Waals surface area contributed by atoms with Gasteiger partial charge in [-0.1, -0.05) is 11.6 Å². The molecule has 1 heteroatoms. The summed E-state index contributed by atoms with van der Waals surface area (Å²) < 4.78 is 5.80. The molecule has 0 aromatic heterocycles. The third kappa shape index (κ3) is 1.62. The van der Waals surface area contributed by atoms with E-state index in [1.54, 1.807) is 23.1 Å². The highest BCUT2D eigenvalue weighted by Gasteiger charge is 2.65. The maximum Gasteiger partial charge on any atom is 0.0691 e. The summed E-state index contributed by atoms with van der Waals surface area (Å²) in [6.45, 7) is 2.30. The molecule has 114 valence electrons. The predicted octanol–water partition coefficient (Wildman–Crippen LogP) is 5.03. The number of methoxy groups -OCH3 is 1. The lowest BCUT2D eigenvalue weighted by molar-refractivity contribution is -0.00658. The smallest absolute Gasteiger partial charge is 0.0691 e. The van der Waals surface area contributed by atoms with Crippen molar-refractivity contribution >= 4 is 0 Å². The van der Waals surface area contributed by atoms with Gasteiger partial charge < -0.3 is 4.74 Å². The lowest BCUT2D eigenvalue weighted by atomic mass is 9.61. The van der Waals surface area contributed by atoms with Crippen LogP contribution in [0, 0.1) is 23.2 Å². The van der Waals surface area contributed by atoms with Crippen molar-refractivity contribution in [1.82, 2.24) is 0 Å². The summed E-state index contributed by atoms with van der Waals surface area (Å²) >= 11 is 0. The second-order valence-electron chi connectivity index (χ2n) is 8.74. The van der Waals surface area contributed by atoms with Crippen LogP contribution in [-0.2, 0) is 4.74 Å². The van der Waals surface area contributed by atoms with Crippen LogP contribution >= 0.6 is 0 Å². The highest BCUT2D eigenvalue weighted by Crippen LogP contribution is 2.73. The second-order valence-corrected chi connectivity index (χ2v) is 8.74. The van der Waals surface area contributed by atoms with Crippen molar-refractivity contribution in [2.75, 3.05) is 7.11 Å². The minimum absolute atomic E-state index is 0.108. The third-order valence-corrected chi connectivity index (χ3v) is 7.95. The van der Waals surface area contributed by atoms with Crippen molar-refractivity contribution in [2.45, 2.75) is 70.3 Å². The Morgan fingerprint density at radius 3 is 2.90 bits per heavy atom. The van der Waals surface area contributed by atoms with Crippen molar-refractivity contribution in [3.8, 4) is 0 Å². The normalized spacial score (nSPS) is 50.8. The van der Waals surface area contributed by atoms with E-state index in [9.17, 15) is 0 Å². The molecule has 5 unspecified atom stereocenters. The first kappa shape index (κ1) is 12.9. The van der Waals surface area contributed by atoms with Crippen molar-refractivity contribution in [1.29, 1.82) is 0 Å².